The van der Waals surface area contributed by atoms with Gasteiger partial charge in [0.05, 0.1) is 0 Å². The summed E-state index contributed by atoms with van der Waals surface area (Å²) in [5.74, 6) is 0. The fraction of sp³-hybridized carbons (Fsp3) is 1.00. The third-order valence-electron chi connectivity index (χ3n) is 14.8. The molecule has 0 radical (unpaired) electrons. The second kappa shape index (κ2) is 5.07. The second-order valence-electron chi connectivity index (χ2n) is 15.4. The molecule has 0 aromatic carbocycles. The zero-order valence-electron chi connectivity index (χ0n) is 23.0. The first-order valence-corrected chi connectivity index (χ1v) is 11.8. The van der Waals surface area contributed by atoms with Crippen molar-refractivity contribution >= 4 is 0 Å². The van der Waals surface area contributed by atoms with Crippen LogP contribution in [0.2, 0.25) is 0 Å². The van der Waals surface area contributed by atoms with Gasteiger partial charge in [-0.05, 0) is 54.1 Å². The summed E-state index contributed by atoms with van der Waals surface area (Å²) in [6.45, 7) is 45.9. The highest BCUT2D eigenvalue weighted by Gasteiger charge is 2.96. The molecule has 0 saturated heterocycles. The van der Waals surface area contributed by atoms with Gasteiger partial charge in [0.2, 0.25) is 0 Å². The van der Waals surface area contributed by atoms with Crippen LogP contribution in [0, 0.1) is 54.1 Å². The molecule has 0 bridgehead atoms. The summed E-state index contributed by atoms with van der Waals surface area (Å²) in [7, 11) is 0. The van der Waals surface area contributed by atoms with Crippen LogP contribution in [0.3, 0.4) is 0 Å². The highest BCUT2D eigenvalue weighted by atomic mass is 15.0. The maximum absolute atomic E-state index is 2.66. The fourth-order valence-corrected chi connectivity index (χ4v) is 9.78. The predicted octanol–water partition coefficient (Wildman–Crippen LogP) is 9.24. The van der Waals surface area contributed by atoms with E-state index in [1.165, 1.54) is 0 Å². The molecular formula is C28H54. The van der Waals surface area contributed by atoms with Crippen LogP contribution < -0.4 is 0 Å². The molecule has 2 aliphatic carbocycles. The first-order valence-electron chi connectivity index (χ1n) is 11.8. The Hall–Kier alpha value is 0. The van der Waals surface area contributed by atoms with Crippen molar-refractivity contribution < 1.29 is 0 Å². The molecule has 0 heteroatoms. The highest BCUT2D eigenvalue weighted by molar-refractivity contribution is 5.42. The topological polar surface area (TPSA) is 0 Å². The lowest BCUT2D eigenvalue weighted by Crippen LogP contribution is -2.95. The summed E-state index contributed by atoms with van der Waals surface area (Å²) in [4.78, 5) is 0. The molecule has 3 unspecified atom stereocenters. The van der Waals surface area contributed by atoms with E-state index in [2.05, 4.69) is 125 Å². The molecular weight excluding hydrogens is 336 g/mol. The largest absolute Gasteiger partial charge is 0.0596 e. The summed E-state index contributed by atoms with van der Waals surface area (Å²) in [5, 5.41) is 0. The van der Waals surface area contributed by atoms with Gasteiger partial charge in [0.15, 0.2) is 0 Å². The zero-order valence-corrected chi connectivity index (χ0v) is 23.0. The molecule has 0 amide bonds. The van der Waals surface area contributed by atoms with Crippen molar-refractivity contribution in [1.29, 1.82) is 0 Å². The molecule has 0 N–H and O–H groups in total. The summed E-state index contributed by atoms with van der Waals surface area (Å²) in [6.07, 6.45) is 0. The van der Waals surface area contributed by atoms with Crippen molar-refractivity contribution in [2.45, 2.75) is 125 Å². The minimum absolute atomic E-state index is 0.169. The smallest absolute Gasteiger partial charge is 0.0140 e. The van der Waals surface area contributed by atoms with E-state index in [1.54, 1.807) is 0 Å². The van der Waals surface area contributed by atoms with Crippen LogP contribution in [0.4, 0.5) is 0 Å². The Morgan fingerprint density at radius 3 is 1.04 bits per heavy atom. The Balaban J connectivity index is 2.80. The zero-order chi connectivity index (χ0) is 23.0. The third kappa shape index (κ3) is 1.66. The van der Waals surface area contributed by atoms with Crippen LogP contribution >= 0.6 is 0 Å². The highest BCUT2D eigenvalue weighted by Crippen LogP contribution is 3.00. The van der Waals surface area contributed by atoms with Crippen LogP contribution in [0.25, 0.3) is 0 Å². The molecule has 0 spiro atoms. The Labute approximate surface area is 179 Å². The Bertz CT molecular complexity index is 675. The maximum atomic E-state index is 2.66. The molecule has 0 aliphatic heterocycles. The van der Waals surface area contributed by atoms with E-state index in [0.29, 0.717) is 21.7 Å². The van der Waals surface area contributed by atoms with Gasteiger partial charge < -0.3 is 0 Å². The van der Waals surface area contributed by atoms with Gasteiger partial charge in [-0.15, -0.1) is 0 Å². The lowest BCUT2D eigenvalue weighted by atomic mass is 9.05. The minimum Gasteiger partial charge on any atom is -0.0596 e. The average Bonchev–Trinajstić information content (AvgIpc) is 2.49. The molecule has 0 nitrogen and oxygen atoms in total. The van der Waals surface area contributed by atoms with Crippen LogP contribution in [0.15, 0.2) is 0 Å². The standard InChI is InChI=1S/C28H54/c1-19(2,3)20(4,5)21(6,7)22(8,9)26(16)25(14,15)27(17)23(10,11)24(12,13)28(26,27)18/h1-18H3. The van der Waals surface area contributed by atoms with E-state index in [-0.39, 0.29) is 32.5 Å². The first kappa shape index (κ1) is 24.3. The predicted molar refractivity (Wildman–Crippen MR) is 126 cm³/mol. The van der Waals surface area contributed by atoms with Crippen LogP contribution in [0.1, 0.15) is 125 Å². The van der Waals surface area contributed by atoms with Gasteiger partial charge >= 0.3 is 0 Å². The lowest BCUT2D eigenvalue weighted by Gasteiger charge is -2.99. The third-order valence-corrected chi connectivity index (χ3v) is 14.8. The van der Waals surface area contributed by atoms with Crippen molar-refractivity contribution in [1.82, 2.24) is 0 Å². The monoisotopic (exact) mass is 390 g/mol. The second-order valence-corrected chi connectivity index (χ2v) is 15.4. The number of fused-ring (bicyclic) bond motifs is 1. The molecule has 0 heterocycles. The number of rotatable bonds is 3. The van der Waals surface area contributed by atoms with E-state index in [4.69, 9.17) is 0 Å². The van der Waals surface area contributed by atoms with Crippen molar-refractivity contribution in [3.8, 4) is 0 Å². The Morgan fingerprint density at radius 2 is 0.714 bits per heavy atom. The van der Waals surface area contributed by atoms with Gasteiger partial charge in [-0.2, -0.15) is 0 Å². The molecule has 166 valence electrons. The quantitative estimate of drug-likeness (QED) is 0.450. The van der Waals surface area contributed by atoms with Crippen LogP contribution in [-0.2, 0) is 0 Å². The molecule has 0 aromatic rings. The minimum atomic E-state index is 0.169. The van der Waals surface area contributed by atoms with E-state index < -0.39 is 0 Å². The van der Waals surface area contributed by atoms with Crippen molar-refractivity contribution in [2.75, 3.05) is 0 Å². The molecule has 3 atom stereocenters. The van der Waals surface area contributed by atoms with Crippen molar-refractivity contribution in [3.05, 3.63) is 0 Å². The fourth-order valence-electron chi connectivity index (χ4n) is 9.78. The Morgan fingerprint density at radius 1 is 0.393 bits per heavy atom. The molecule has 28 heavy (non-hydrogen) atoms. The van der Waals surface area contributed by atoms with Gasteiger partial charge in [-0.1, -0.05) is 125 Å². The van der Waals surface area contributed by atoms with Gasteiger partial charge in [0.1, 0.15) is 0 Å². The maximum Gasteiger partial charge on any atom is -0.0140 e. The average molecular weight is 391 g/mol. The van der Waals surface area contributed by atoms with E-state index in [1.807, 2.05) is 0 Å². The van der Waals surface area contributed by atoms with Crippen LogP contribution in [-0.4, -0.2) is 0 Å². The van der Waals surface area contributed by atoms with E-state index in [0.717, 1.165) is 0 Å². The first-order chi connectivity index (χ1) is 11.8. The lowest BCUT2D eigenvalue weighted by molar-refractivity contribution is -0.523. The molecule has 0 aromatic heterocycles. The molecule has 2 aliphatic rings. The van der Waals surface area contributed by atoms with Gasteiger partial charge in [-0.25, -0.2) is 0 Å². The summed E-state index contributed by atoms with van der Waals surface area (Å²) in [5.41, 5.74) is 2.56. The summed E-state index contributed by atoms with van der Waals surface area (Å²) >= 11 is 0. The SMILES string of the molecule is CC(C)(C)C(C)(C)C(C)(C)C(C)(C)C1(C)C(C)(C)C2(C)C(C)(C)C(C)(C)C12C. The summed E-state index contributed by atoms with van der Waals surface area (Å²) < 4.78 is 0. The van der Waals surface area contributed by atoms with E-state index in [9.17, 15) is 0 Å². The number of hydrogen-bond acceptors (Lipinski definition) is 0. The van der Waals surface area contributed by atoms with Gasteiger partial charge in [0, 0.05) is 0 Å². The normalized spacial score (nSPS) is 39.6. The van der Waals surface area contributed by atoms with Crippen molar-refractivity contribution in [3.63, 3.8) is 0 Å². The van der Waals surface area contributed by atoms with E-state index >= 15 is 0 Å². The van der Waals surface area contributed by atoms with Gasteiger partial charge in [0.25, 0.3) is 0 Å². The van der Waals surface area contributed by atoms with Gasteiger partial charge in [-0.3, -0.25) is 0 Å². The molecule has 2 fully saturated rings. The van der Waals surface area contributed by atoms with Crippen LogP contribution in [0.5, 0.6) is 0 Å². The summed E-state index contributed by atoms with van der Waals surface area (Å²) in [6, 6.07) is 0. The van der Waals surface area contributed by atoms with Crippen molar-refractivity contribution in [2.24, 2.45) is 54.1 Å². The molecule has 2 saturated carbocycles. The number of hydrogen-bond donors (Lipinski definition) is 0. The molecule has 2 rings (SSSR count). The Kier molecular flexibility index (Phi) is 4.39.